The second kappa shape index (κ2) is 10.5. The number of carbonyl (C=O) groups excluding carboxylic acids is 1. The molecule has 7 heteroatoms. The molecule has 0 aromatic rings. The first-order valence-corrected chi connectivity index (χ1v) is 9.74. The highest BCUT2D eigenvalue weighted by molar-refractivity contribution is 14.0. The fourth-order valence-corrected chi connectivity index (χ4v) is 4.01. The van der Waals surface area contributed by atoms with Gasteiger partial charge in [-0.25, -0.2) is 0 Å². The lowest BCUT2D eigenvalue weighted by molar-refractivity contribution is -0.130. The Kier molecular flexibility index (Phi) is 8.75. The van der Waals surface area contributed by atoms with Gasteiger partial charge in [0, 0.05) is 32.6 Å². The van der Waals surface area contributed by atoms with E-state index in [4.69, 9.17) is 9.73 Å². The van der Waals surface area contributed by atoms with Crippen LogP contribution in [0.4, 0.5) is 0 Å². The molecule has 3 heterocycles. The number of carbonyl (C=O) groups is 1. The van der Waals surface area contributed by atoms with Gasteiger partial charge in [-0.1, -0.05) is 6.42 Å². The van der Waals surface area contributed by atoms with Gasteiger partial charge in [-0.2, -0.15) is 0 Å². The smallest absolute Gasteiger partial charge is 0.222 e. The Bertz CT molecular complexity index is 460. The van der Waals surface area contributed by atoms with Gasteiger partial charge in [0.05, 0.1) is 18.2 Å². The van der Waals surface area contributed by atoms with Crippen molar-refractivity contribution in [3.63, 3.8) is 0 Å². The Morgan fingerprint density at radius 1 is 1.32 bits per heavy atom. The zero-order chi connectivity index (χ0) is 16.8. The van der Waals surface area contributed by atoms with Gasteiger partial charge in [0.15, 0.2) is 5.96 Å². The van der Waals surface area contributed by atoms with Crippen LogP contribution in [0.2, 0.25) is 0 Å². The summed E-state index contributed by atoms with van der Waals surface area (Å²) in [4.78, 5) is 18.7. The normalized spacial score (nSPS) is 29.3. The van der Waals surface area contributed by atoms with Crippen molar-refractivity contribution in [3.05, 3.63) is 0 Å². The topological polar surface area (TPSA) is 66.0 Å². The summed E-state index contributed by atoms with van der Waals surface area (Å²) in [5, 5.41) is 6.87. The van der Waals surface area contributed by atoms with Crippen LogP contribution in [0.5, 0.6) is 0 Å². The van der Waals surface area contributed by atoms with Gasteiger partial charge in [-0.15, -0.1) is 24.0 Å². The third kappa shape index (κ3) is 5.98. The summed E-state index contributed by atoms with van der Waals surface area (Å²) < 4.78 is 5.90. The fourth-order valence-electron chi connectivity index (χ4n) is 4.01. The van der Waals surface area contributed by atoms with Crippen molar-refractivity contribution < 1.29 is 9.53 Å². The minimum atomic E-state index is 0. The van der Waals surface area contributed by atoms with Gasteiger partial charge < -0.3 is 20.3 Å². The molecular formula is C18H33IN4O2. The van der Waals surface area contributed by atoms with Gasteiger partial charge in [-0.05, 0) is 45.4 Å². The molecule has 6 nitrogen and oxygen atoms in total. The largest absolute Gasteiger partial charge is 0.373 e. The number of nitrogens with zero attached hydrogens (tertiary/aromatic N) is 2. The number of amides is 1. The van der Waals surface area contributed by atoms with Crippen molar-refractivity contribution in [3.8, 4) is 0 Å². The molecule has 25 heavy (non-hydrogen) atoms. The third-order valence-electron chi connectivity index (χ3n) is 5.30. The van der Waals surface area contributed by atoms with Crippen LogP contribution in [0.3, 0.4) is 0 Å². The molecule has 0 spiro atoms. The second-order valence-corrected chi connectivity index (χ2v) is 7.17. The van der Waals surface area contributed by atoms with E-state index in [1.807, 2.05) is 4.90 Å². The average molecular weight is 464 g/mol. The zero-order valence-corrected chi connectivity index (χ0v) is 17.7. The van der Waals surface area contributed by atoms with Crippen LogP contribution in [0.1, 0.15) is 58.3 Å². The molecule has 3 saturated heterocycles. The molecule has 2 N–H and O–H groups in total. The maximum absolute atomic E-state index is 12.0. The number of fused-ring (bicyclic) bond motifs is 2. The summed E-state index contributed by atoms with van der Waals surface area (Å²) >= 11 is 0. The van der Waals surface area contributed by atoms with E-state index in [0.717, 1.165) is 64.2 Å². The molecule has 3 atom stereocenters. The van der Waals surface area contributed by atoms with E-state index < -0.39 is 0 Å². The number of halogens is 1. The third-order valence-corrected chi connectivity index (χ3v) is 5.30. The van der Waals surface area contributed by atoms with E-state index in [0.29, 0.717) is 24.2 Å². The molecule has 2 bridgehead atoms. The highest BCUT2D eigenvalue weighted by Crippen LogP contribution is 2.34. The first-order chi connectivity index (χ1) is 11.8. The molecular weight excluding hydrogens is 431 g/mol. The molecule has 3 unspecified atom stereocenters. The fraction of sp³-hybridized carbons (Fsp3) is 0.889. The van der Waals surface area contributed by atoms with Gasteiger partial charge in [-0.3, -0.25) is 9.79 Å². The van der Waals surface area contributed by atoms with Crippen molar-refractivity contribution in [2.24, 2.45) is 4.99 Å². The summed E-state index contributed by atoms with van der Waals surface area (Å²) in [5.41, 5.74) is 0. The molecule has 144 valence electrons. The van der Waals surface area contributed by atoms with Crippen molar-refractivity contribution >= 4 is 35.8 Å². The number of nitrogens with one attached hydrogen (secondary N) is 2. The van der Waals surface area contributed by atoms with Crippen LogP contribution >= 0.6 is 24.0 Å². The molecule has 3 fully saturated rings. The predicted molar refractivity (Wildman–Crippen MR) is 110 cm³/mol. The predicted octanol–water partition coefficient (Wildman–Crippen LogP) is 2.27. The van der Waals surface area contributed by atoms with Crippen LogP contribution in [0, 0.1) is 0 Å². The monoisotopic (exact) mass is 464 g/mol. The Labute approximate surface area is 168 Å². The maximum Gasteiger partial charge on any atom is 0.222 e. The van der Waals surface area contributed by atoms with Crippen molar-refractivity contribution in [1.29, 1.82) is 0 Å². The summed E-state index contributed by atoms with van der Waals surface area (Å²) in [6.45, 7) is 5.45. The number of likely N-dealkylation sites (tertiary alicyclic amines) is 1. The highest BCUT2D eigenvalue weighted by atomic mass is 127. The maximum atomic E-state index is 12.0. The Morgan fingerprint density at radius 2 is 2.20 bits per heavy atom. The first kappa shape index (κ1) is 20.7. The van der Waals surface area contributed by atoms with E-state index in [1.54, 1.807) is 0 Å². The van der Waals surface area contributed by atoms with Crippen molar-refractivity contribution in [1.82, 2.24) is 15.5 Å². The van der Waals surface area contributed by atoms with Crippen LogP contribution < -0.4 is 10.6 Å². The second-order valence-electron chi connectivity index (χ2n) is 7.17. The Morgan fingerprint density at radius 3 is 2.92 bits per heavy atom. The minimum Gasteiger partial charge on any atom is -0.373 e. The lowest BCUT2D eigenvalue weighted by Gasteiger charge is -2.23. The quantitative estimate of drug-likeness (QED) is 0.274. The number of hydrogen-bond donors (Lipinski definition) is 2. The molecule has 0 aromatic heterocycles. The van der Waals surface area contributed by atoms with Crippen LogP contribution in [-0.4, -0.2) is 61.2 Å². The van der Waals surface area contributed by atoms with Gasteiger partial charge in [0.25, 0.3) is 0 Å². The SMILES string of the molecule is CCNC(=NCCCN1CCCCCC1=O)NC1CC2CCC1O2.I. The molecule has 0 radical (unpaired) electrons. The number of aliphatic imine (C=N–C) groups is 1. The van der Waals surface area contributed by atoms with E-state index >= 15 is 0 Å². The van der Waals surface area contributed by atoms with E-state index in [2.05, 4.69) is 17.6 Å². The Balaban J connectivity index is 0.00000225. The summed E-state index contributed by atoms with van der Waals surface area (Å²) in [7, 11) is 0. The summed E-state index contributed by atoms with van der Waals surface area (Å²) in [6, 6.07) is 0.397. The lowest BCUT2D eigenvalue weighted by atomic mass is 9.96. The average Bonchev–Trinajstić information content (AvgIpc) is 3.13. The molecule has 0 saturated carbocycles. The standard InChI is InChI=1S/C18H32N4O2.HI/c1-2-19-18(21-15-13-14-8-9-16(15)24-14)20-10-6-12-22-11-5-3-4-7-17(22)23;/h14-16H,2-13H2,1H3,(H2,19,20,21);1H. The molecule has 3 aliphatic rings. The van der Waals surface area contributed by atoms with E-state index in [-0.39, 0.29) is 24.0 Å². The number of rotatable bonds is 6. The first-order valence-electron chi connectivity index (χ1n) is 9.74. The highest BCUT2D eigenvalue weighted by Gasteiger charge is 2.41. The van der Waals surface area contributed by atoms with Gasteiger partial charge >= 0.3 is 0 Å². The van der Waals surface area contributed by atoms with Crippen molar-refractivity contribution in [2.45, 2.75) is 76.5 Å². The van der Waals surface area contributed by atoms with Crippen LogP contribution in [0.25, 0.3) is 0 Å². The van der Waals surface area contributed by atoms with Gasteiger partial charge in [0.2, 0.25) is 5.91 Å². The number of ether oxygens (including phenoxy) is 1. The molecule has 1 amide bonds. The molecule has 0 aromatic carbocycles. The molecule has 3 rings (SSSR count). The van der Waals surface area contributed by atoms with Crippen molar-refractivity contribution in [2.75, 3.05) is 26.2 Å². The number of hydrogen-bond acceptors (Lipinski definition) is 3. The van der Waals surface area contributed by atoms with E-state index in [1.165, 1.54) is 19.3 Å². The zero-order valence-electron chi connectivity index (χ0n) is 15.3. The van der Waals surface area contributed by atoms with Crippen LogP contribution in [-0.2, 0) is 9.53 Å². The summed E-state index contributed by atoms with van der Waals surface area (Å²) in [5.74, 6) is 1.21. The Hall–Kier alpha value is -0.570. The molecule has 3 aliphatic heterocycles. The number of guanidine groups is 1. The lowest BCUT2D eigenvalue weighted by Crippen LogP contribution is -2.47. The van der Waals surface area contributed by atoms with Gasteiger partial charge in [0.1, 0.15) is 0 Å². The van der Waals surface area contributed by atoms with E-state index in [9.17, 15) is 4.79 Å². The van der Waals surface area contributed by atoms with Crippen LogP contribution in [0.15, 0.2) is 4.99 Å². The minimum absolute atomic E-state index is 0. The summed E-state index contributed by atoms with van der Waals surface area (Å²) in [6.07, 6.45) is 9.29. The molecule has 0 aliphatic carbocycles.